The van der Waals surface area contributed by atoms with E-state index in [0.29, 0.717) is 49.9 Å². The molecule has 0 unspecified atom stereocenters. The molecule has 1 saturated carbocycles. The molecule has 35 heavy (non-hydrogen) atoms. The second-order valence-electron chi connectivity index (χ2n) is 10.4. The van der Waals surface area contributed by atoms with E-state index in [-0.39, 0.29) is 27.8 Å². The molecule has 8 nitrogen and oxygen atoms in total. The molecule has 2 N–H and O–H groups in total. The zero-order chi connectivity index (χ0) is 25.8. The van der Waals surface area contributed by atoms with Crippen LogP contribution in [0.15, 0.2) is 6.07 Å². The van der Waals surface area contributed by atoms with Gasteiger partial charge in [0, 0.05) is 24.4 Å². The number of amides is 2. The normalized spacial score (nSPS) is 21.6. The minimum absolute atomic E-state index is 0.0611. The Kier molecular flexibility index (Phi) is 8.97. The summed E-state index contributed by atoms with van der Waals surface area (Å²) in [7, 11) is 0. The molecule has 1 saturated heterocycles. The molecule has 9 heteroatoms. The highest BCUT2D eigenvalue weighted by Crippen LogP contribution is 2.36. The van der Waals surface area contributed by atoms with Crippen LogP contribution in [0.5, 0.6) is 0 Å². The first kappa shape index (κ1) is 27.2. The van der Waals surface area contributed by atoms with Gasteiger partial charge in [0.15, 0.2) is 0 Å². The zero-order valence-electron chi connectivity index (χ0n) is 21.0. The summed E-state index contributed by atoms with van der Waals surface area (Å²) >= 11 is 0.983. The standard InChI is InChI=1S/C26H36N2O6S/c1-17-5-7-18(8-6-17)23(30)28(21(16-29)24(31)27-11-13-34-14-12-27)20-15-19(9-10-26(2,3)4)35-22(20)25(32)33/h15,17-18,21,29H,5-8,11-14,16H2,1-4H3,(H,32,33)/t17?,18?,21-/m0/s1. The third-order valence-electron chi connectivity index (χ3n) is 6.42. The van der Waals surface area contributed by atoms with Crippen LogP contribution < -0.4 is 4.90 Å². The number of rotatable bonds is 6. The van der Waals surface area contributed by atoms with Gasteiger partial charge in [-0.25, -0.2) is 4.79 Å². The van der Waals surface area contributed by atoms with Gasteiger partial charge in [-0.1, -0.05) is 18.8 Å². The largest absolute Gasteiger partial charge is 0.477 e. The molecule has 2 heterocycles. The number of anilines is 1. The van der Waals surface area contributed by atoms with Crippen molar-refractivity contribution < 1.29 is 29.3 Å². The van der Waals surface area contributed by atoms with Crippen molar-refractivity contribution in [3.8, 4) is 11.8 Å². The van der Waals surface area contributed by atoms with Crippen LogP contribution in [0.2, 0.25) is 0 Å². The number of hydrogen-bond acceptors (Lipinski definition) is 6. The third-order valence-corrected chi connectivity index (χ3v) is 7.45. The first-order chi connectivity index (χ1) is 16.5. The van der Waals surface area contributed by atoms with Crippen LogP contribution in [0.3, 0.4) is 0 Å². The second-order valence-corrected chi connectivity index (χ2v) is 11.5. The highest BCUT2D eigenvalue weighted by Gasteiger charge is 2.40. The number of aromatic carboxylic acids is 1. The number of carbonyl (C=O) groups is 3. The molecule has 0 bridgehead atoms. The molecular weight excluding hydrogens is 468 g/mol. The van der Waals surface area contributed by atoms with E-state index < -0.39 is 24.5 Å². The lowest BCUT2D eigenvalue weighted by molar-refractivity contribution is -0.140. The molecule has 1 aromatic heterocycles. The predicted octanol–water partition coefficient (Wildman–Crippen LogP) is 3.22. The van der Waals surface area contributed by atoms with Gasteiger partial charge in [-0.15, -0.1) is 11.3 Å². The quantitative estimate of drug-likeness (QED) is 0.576. The summed E-state index contributed by atoms with van der Waals surface area (Å²) < 4.78 is 5.34. The Hall–Kier alpha value is -2.41. The molecule has 1 aromatic rings. The van der Waals surface area contributed by atoms with Gasteiger partial charge in [0.05, 0.1) is 30.4 Å². The summed E-state index contributed by atoms with van der Waals surface area (Å²) in [6.45, 7) is 8.88. The molecule has 0 aromatic carbocycles. The van der Waals surface area contributed by atoms with E-state index in [9.17, 15) is 24.6 Å². The van der Waals surface area contributed by atoms with Crippen LogP contribution in [0.25, 0.3) is 0 Å². The summed E-state index contributed by atoms with van der Waals surface area (Å²) in [5.74, 6) is 4.40. The van der Waals surface area contributed by atoms with Crippen molar-refractivity contribution >= 4 is 34.8 Å². The molecular formula is C26H36N2O6S. The fourth-order valence-corrected chi connectivity index (χ4v) is 5.27. The molecule has 1 aliphatic heterocycles. The van der Waals surface area contributed by atoms with Gasteiger partial charge >= 0.3 is 5.97 Å². The van der Waals surface area contributed by atoms with Gasteiger partial charge in [-0.3, -0.25) is 14.5 Å². The number of nitrogens with zero attached hydrogens (tertiary/aromatic N) is 2. The molecule has 2 amide bonds. The molecule has 0 spiro atoms. The molecule has 2 fully saturated rings. The van der Waals surface area contributed by atoms with Crippen LogP contribution >= 0.6 is 11.3 Å². The van der Waals surface area contributed by atoms with E-state index in [4.69, 9.17) is 4.74 Å². The monoisotopic (exact) mass is 504 g/mol. The molecule has 1 atom stereocenters. The molecule has 192 valence electrons. The Morgan fingerprint density at radius 1 is 1.20 bits per heavy atom. The van der Waals surface area contributed by atoms with Gasteiger partial charge in [0.25, 0.3) is 0 Å². The van der Waals surface area contributed by atoms with Crippen molar-refractivity contribution in [2.45, 2.75) is 59.4 Å². The summed E-state index contributed by atoms with van der Waals surface area (Å²) in [4.78, 5) is 42.8. The first-order valence-electron chi connectivity index (χ1n) is 12.2. The van der Waals surface area contributed by atoms with Crippen LogP contribution in [-0.4, -0.2) is 71.8 Å². The number of aliphatic hydroxyl groups excluding tert-OH is 1. The van der Waals surface area contributed by atoms with E-state index in [2.05, 4.69) is 18.8 Å². The van der Waals surface area contributed by atoms with E-state index in [1.807, 2.05) is 20.8 Å². The highest BCUT2D eigenvalue weighted by molar-refractivity contribution is 7.15. The zero-order valence-corrected chi connectivity index (χ0v) is 21.8. The second kappa shape index (κ2) is 11.5. The summed E-state index contributed by atoms with van der Waals surface area (Å²) in [5, 5.41) is 20.3. The van der Waals surface area contributed by atoms with E-state index >= 15 is 0 Å². The summed E-state index contributed by atoms with van der Waals surface area (Å²) in [6, 6.07) is 0.363. The Balaban J connectivity index is 2.07. The van der Waals surface area contributed by atoms with Gasteiger partial charge < -0.3 is 19.8 Å². The fourth-order valence-electron chi connectivity index (χ4n) is 4.43. The maximum atomic E-state index is 13.9. The van der Waals surface area contributed by atoms with Crippen molar-refractivity contribution in [2.24, 2.45) is 17.3 Å². The summed E-state index contributed by atoms with van der Waals surface area (Å²) in [5.41, 5.74) is -0.160. The van der Waals surface area contributed by atoms with Crippen molar-refractivity contribution in [3.05, 3.63) is 15.8 Å². The predicted molar refractivity (Wildman–Crippen MR) is 134 cm³/mol. The molecule has 1 aliphatic carbocycles. The lowest BCUT2D eigenvalue weighted by Crippen LogP contribution is -2.56. The minimum atomic E-state index is -1.21. The van der Waals surface area contributed by atoms with Crippen LogP contribution in [0.4, 0.5) is 5.69 Å². The number of ether oxygens (including phenoxy) is 1. The summed E-state index contributed by atoms with van der Waals surface area (Å²) in [6.07, 6.45) is 3.12. The van der Waals surface area contributed by atoms with Crippen LogP contribution in [0.1, 0.15) is 67.9 Å². The van der Waals surface area contributed by atoms with Crippen LogP contribution in [0, 0.1) is 29.1 Å². The Morgan fingerprint density at radius 2 is 1.83 bits per heavy atom. The highest BCUT2D eigenvalue weighted by atomic mass is 32.1. The number of carboxylic acid groups (broad SMARTS) is 1. The van der Waals surface area contributed by atoms with E-state index in [0.717, 1.165) is 24.2 Å². The lowest BCUT2D eigenvalue weighted by Gasteiger charge is -2.37. The SMILES string of the molecule is CC1CCC(C(=O)N(c2cc(C#CC(C)(C)C)sc2C(=O)O)[C@@H](CO)C(=O)N2CCOCC2)CC1. The maximum absolute atomic E-state index is 13.9. The van der Waals surface area contributed by atoms with Gasteiger partial charge in [0.2, 0.25) is 11.8 Å². The van der Waals surface area contributed by atoms with Crippen molar-refractivity contribution in [2.75, 3.05) is 37.8 Å². The number of hydrogen-bond donors (Lipinski definition) is 2. The molecule has 2 aliphatic rings. The van der Waals surface area contributed by atoms with Crippen molar-refractivity contribution in [1.82, 2.24) is 4.90 Å². The number of morpholine rings is 1. The topological polar surface area (TPSA) is 107 Å². The average Bonchev–Trinajstić information content (AvgIpc) is 3.25. The number of carbonyl (C=O) groups excluding carboxylic acids is 2. The first-order valence-corrected chi connectivity index (χ1v) is 13.0. The molecule has 3 rings (SSSR count). The van der Waals surface area contributed by atoms with E-state index in [1.165, 1.54) is 4.90 Å². The van der Waals surface area contributed by atoms with Crippen LogP contribution in [-0.2, 0) is 14.3 Å². The van der Waals surface area contributed by atoms with Crippen molar-refractivity contribution in [3.63, 3.8) is 0 Å². The van der Waals surface area contributed by atoms with Gasteiger partial charge in [-0.05, 0) is 58.4 Å². The van der Waals surface area contributed by atoms with Crippen molar-refractivity contribution in [1.29, 1.82) is 0 Å². The lowest BCUT2D eigenvalue weighted by atomic mass is 9.82. The van der Waals surface area contributed by atoms with E-state index in [1.54, 1.807) is 11.0 Å². The average molecular weight is 505 g/mol. The number of aliphatic hydroxyl groups is 1. The number of thiophene rings is 1. The minimum Gasteiger partial charge on any atom is -0.477 e. The number of carboxylic acids is 1. The molecule has 0 radical (unpaired) electrons. The smallest absolute Gasteiger partial charge is 0.348 e. The van der Waals surface area contributed by atoms with Gasteiger partial charge in [-0.2, -0.15) is 0 Å². The third kappa shape index (κ3) is 6.84. The fraction of sp³-hybridized carbons (Fsp3) is 0.654. The van der Waals surface area contributed by atoms with Gasteiger partial charge in [0.1, 0.15) is 10.9 Å². The Morgan fingerprint density at radius 3 is 2.37 bits per heavy atom. The Labute approximate surface area is 211 Å². The maximum Gasteiger partial charge on any atom is 0.348 e. The Bertz CT molecular complexity index is 988.